The summed E-state index contributed by atoms with van der Waals surface area (Å²) < 4.78 is 2.40. The molecule has 0 saturated heterocycles. The first-order chi connectivity index (χ1) is 8.96. The summed E-state index contributed by atoms with van der Waals surface area (Å²) >= 11 is 1.72. The molecule has 3 nitrogen and oxygen atoms in total. The molecule has 0 fully saturated rings. The fraction of sp³-hybridized carbons (Fsp3) is 0.533. The molecule has 3 rings (SSSR count). The molecule has 2 aromatic rings. The minimum atomic E-state index is 0.176. The second-order valence-electron chi connectivity index (χ2n) is 6.35. The summed E-state index contributed by atoms with van der Waals surface area (Å²) in [6.07, 6.45) is 4.05. The highest BCUT2D eigenvalue weighted by molar-refractivity contribution is 7.09. The zero-order chi connectivity index (χ0) is 13.6. The standard InChI is InChI=1S/C15H21N3S/c1-10-6-11-12(16)7-15(2,3)8-13(11)18(10)9-14-17-4-5-19-14/h4-6,12H,7-9,16H2,1-3H3. The van der Waals surface area contributed by atoms with Crippen molar-refractivity contribution in [1.82, 2.24) is 9.55 Å². The Labute approximate surface area is 118 Å². The number of hydrogen-bond acceptors (Lipinski definition) is 3. The quantitative estimate of drug-likeness (QED) is 0.914. The molecule has 0 radical (unpaired) electrons. The van der Waals surface area contributed by atoms with Crippen molar-refractivity contribution in [3.8, 4) is 0 Å². The van der Waals surface area contributed by atoms with Gasteiger partial charge in [0.1, 0.15) is 5.01 Å². The summed E-state index contributed by atoms with van der Waals surface area (Å²) in [6, 6.07) is 2.44. The predicted octanol–water partition coefficient (Wildman–Crippen LogP) is 3.27. The van der Waals surface area contributed by atoms with Crippen LogP contribution in [-0.4, -0.2) is 9.55 Å². The number of hydrogen-bond donors (Lipinski definition) is 1. The molecule has 0 spiro atoms. The summed E-state index contributed by atoms with van der Waals surface area (Å²) in [7, 11) is 0. The summed E-state index contributed by atoms with van der Waals surface area (Å²) in [5.74, 6) is 0. The van der Waals surface area contributed by atoms with Gasteiger partial charge in [0.2, 0.25) is 0 Å². The molecule has 0 amide bonds. The predicted molar refractivity (Wildman–Crippen MR) is 79.4 cm³/mol. The van der Waals surface area contributed by atoms with E-state index in [2.05, 4.69) is 36.4 Å². The molecule has 2 heterocycles. The van der Waals surface area contributed by atoms with Crippen molar-refractivity contribution in [2.24, 2.45) is 11.1 Å². The van der Waals surface area contributed by atoms with E-state index < -0.39 is 0 Å². The Morgan fingerprint density at radius 3 is 3.00 bits per heavy atom. The number of nitrogens with zero attached hydrogens (tertiary/aromatic N) is 2. The van der Waals surface area contributed by atoms with Crippen molar-refractivity contribution in [3.63, 3.8) is 0 Å². The highest BCUT2D eigenvalue weighted by atomic mass is 32.1. The van der Waals surface area contributed by atoms with E-state index >= 15 is 0 Å². The van der Waals surface area contributed by atoms with Crippen molar-refractivity contribution in [3.05, 3.63) is 39.6 Å². The van der Waals surface area contributed by atoms with Crippen LogP contribution in [0.3, 0.4) is 0 Å². The Hall–Kier alpha value is -1.13. The fourth-order valence-corrected chi connectivity index (χ4v) is 3.79. The van der Waals surface area contributed by atoms with Crippen LogP contribution in [0.4, 0.5) is 0 Å². The molecule has 2 N–H and O–H groups in total. The molecule has 102 valence electrons. The zero-order valence-electron chi connectivity index (χ0n) is 11.8. The zero-order valence-corrected chi connectivity index (χ0v) is 12.6. The van der Waals surface area contributed by atoms with Crippen molar-refractivity contribution >= 4 is 11.3 Å². The van der Waals surface area contributed by atoms with Gasteiger partial charge in [0.25, 0.3) is 0 Å². The van der Waals surface area contributed by atoms with Gasteiger partial charge < -0.3 is 10.3 Å². The average Bonchev–Trinajstić information content (AvgIpc) is 2.90. The molecule has 1 unspecified atom stereocenters. The van der Waals surface area contributed by atoms with Gasteiger partial charge in [-0.15, -0.1) is 11.3 Å². The van der Waals surface area contributed by atoms with Crippen molar-refractivity contribution < 1.29 is 0 Å². The number of fused-ring (bicyclic) bond motifs is 1. The molecular weight excluding hydrogens is 254 g/mol. The Kier molecular flexibility index (Phi) is 3.02. The van der Waals surface area contributed by atoms with E-state index in [4.69, 9.17) is 5.73 Å². The summed E-state index contributed by atoms with van der Waals surface area (Å²) in [4.78, 5) is 4.40. The average molecular weight is 275 g/mol. The van der Waals surface area contributed by atoms with E-state index in [1.54, 1.807) is 11.3 Å². The van der Waals surface area contributed by atoms with Gasteiger partial charge in [-0.3, -0.25) is 0 Å². The van der Waals surface area contributed by atoms with Gasteiger partial charge in [0, 0.05) is 29.0 Å². The topological polar surface area (TPSA) is 43.8 Å². The Bertz CT molecular complexity index is 581. The number of aromatic nitrogens is 2. The number of nitrogens with two attached hydrogens (primary N) is 1. The van der Waals surface area contributed by atoms with E-state index in [-0.39, 0.29) is 11.5 Å². The highest BCUT2D eigenvalue weighted by Gasteiger charge is 2.33. The Balaban J connectivity index is 2.02. The maximum atomic E-state index is 6.35. The van der Waals surface area contributed by atoms with Crippen LogP contribution in [-0.2, 0) is 13.0 Å². The normalized spacial score (nSPS) is 21.4. The minimum absolute atomic E-state index is 0.176. The first-order valence-electron chi connectivity index (χ1n) is 6.79. The largest absolute Gasteiger partial charge is 0.342 e. The monoisotopic (exact) mass is 275 g/mol. The maximum absolute atomic E-state index is 6.35. The van der Waals surface area contributed by atoms with Crippen molar-refractivity contribution in [2.45, 2.75) is 46.2 Å². The van der Waals surface area contributed by atoms with Crippen LogP contribution in [0.15, 0.2) is 17.6 Å². The number of aryl methyl sites for hydroxylation is 1. The van der Waals surface area contributed by atoms with Crippen LogP contribution in [0.1, 0.15) is 48.3 Å². The van der Waals surface area contributed by atoms with Gasteiger partial charge in [-0.05, 0) is 36.8 Å². The molecule has 1 atom stereocenters. The van der Waals surface area contributed by atoms with Gasteiger partial charge >= 0.3 is 0 Å². The van der Waals surface area contributed by atoms with E-state index in [9.17, 15) is 0 Å². The smallest absolute Gasteiger partial charge is 0.112 e. The Morgan fingerprint density at radius 2 is 2.32 bits per heavy atom. The summed E-state index contributed by atoms with van der Waals surface area (Å²) in [5.41, 5.74) is 10.7. The molecule has 4 heteroatoms. The number of rotatable bonds is 2. The van der Waals surface area contributed by atoms with Crippen LogP contribution in [0, 0.1) is 12.3 Å². The van der Waals surface area contributed by atoms with Crippen LogP contribution in [0.5, 0.6) is 0 Å². The van der Waals surface area contributed by atoms with E-state index in [0.717, 1.165) is 19.4 Å². The molecule has 1 aliphatic carbocycles. The Morgan fingerprint density at radius 1 is 1.53 bits per heavy atom. The SMILES string of the molecule is Cc1cc2c(n1Cc1nccs1)CC(C)(C)CC2N. The molecule has 0 saturated carbocycles. The molecule has 1 aliphatic rings. The molecule has 2 aromatic heterocycles. The second kappa shape index (κ2) is 4.46. The molecule has 19 heavy (non-hydrogen) atoms. The minimum Gasteiger partial charge on any atom is -0.342 e. The third-order valence-corrected chi connectivity index (χ3v) is 4.81. The van der Waals surface area contributed by atoms with Crippen molar-refractivity contribution in [2.75, 3.05) is 0 Å². The first kappa shape index (κ1) is 12.9. The summed E-state index contributed by atoms with van der Waals surface area (Å²) in [6.45, 7) is 7.67. The third kappa shape index (κ3) is 2.35. The highest BCUT2D eigenvalue weighted by Crippen LogP contribution is 2.41. The third-order valence-electron chi connectivity index (χ3n) is 4.04. The van der Waals surface area contributed by atoms with Crippen LogP contribution >= 0.6 is 11.3 Å². The first-order valence-corrected chi connectivity index (χ1v) is 7.67. The maximum Gasteiger partial charge on any atom is 0.112 e. The van der Waals surface area contributed by atoms with E-state index in [1.165, 1.54) is 22.0 Å². The summed E-state index contributed by atoms with van der Waals surface area (Å²) in [5, 5.41) is 3.20. The molecule has 0 aromatic carbocycles. The van der Waals surface area contributed by atoms with E-state index in [0.29, 0.717) is 0 Å². The molecule has 0 bridgehead atoms. The van der Waals surface area contributed by atoms with Crippen molar-refractivity contribution in [1.29, 1.82) is 0 Å². The van der Waals surface area contributed by atoms with Gasteiger partial charge in [-0.1, -0.05) is 13.8 Å². The number of thiazole rings is 1. The van der Waals surface area contributed by atoms with Crippen LogP contribution in [0.2, 0.25) is 0 Å². The second-order valence-corrected chi connectivity index (χ2v) is 7.33. The van der Waals surface area contributed by atoms with Gasteiger partial charge in [0.05, 0.1) is 6.54 Å². The molecule has 0 aliphatic heterocycles. The molecular formula is C15H21N3S. The van der Waals surface area contributed by atoms with Gasteiger partial charge in [-0.2, -0.15) is 0 Å². The van der Waals surface area contributed by atoms with E-state index in [1.807, 2.05) is 11.6 Å². The lowest BCUT2D eigenvalue weighted by atomic mass is 9.74. The lowest BCUT2D eigenvalue weighted by molar-refractivity contribution is 0.276. The van der Waals surface area contributed by atoms with Crippen LogP contribution in [0.25, 0.3) is 0 Å². The van der Waals surface area contributed by atoms with Crippen LogP contribution < -0.4 is 5.73 Å². The lowest BCUT2D eigenvalue weighted by Gasteiger charge is -2.34. The van der Waals surface area contributed by atoms with Gasteiger partial charge in [-0.25, -0.2) is 4.98 Å². The van der Waals surface area contributed by atoms with Gasteiger partial charge in [0.15, 0.2) is 0 Å². The fourth-order valence-electron chi connectivity index (χ4n) is 3.19. The lowest BCUT2D eigenvalue weighted by Crippen LogP contribution is -2.30.